The van der Waals surface area contributed by atoms with Crippen molar-refractivity contribution >= 4 is 5.69 Å². The van der Waals surface area contributed by atoms with Crippen LogP contribution in [-0.4, -0.2) is 27.3 Å². The van der Waals surface area contributed by atoms with E-state index >= 15 is 0 Å². The Morgan fingerprint density at radius 3 is 2.29 bits per heavy atom. The largest absolute Gasteiger partial charge is 0.381 e. The van der Waals surface area contributed by atoms with E-state index in [-0.39, 0.29) is 0 Å². The fraction of sp³-hybridized carbons (Fsp3) is 0.600. The lowest BCUT2D eigenvalue weighted by Gasteiger charge is -2.16. The normalized spacial score (nSPS) is 12.5. The molecule has 0 saturated heterocycles. The monoisotopic (exact) mass is 235 g/mol. The van der Waals surface area contributed by atoms with Crippen LogP contribution in [0.4, 0.5) is 5.69 Å². The van der Waals surface area contributed by atoms with Gasteiger partial charge in [0.2, 0.25) is 0 Å². The van der Waals surface area contributed by atoms with E-state index in [0.29, 0.717) is 6.10 Å². The third-order valence-corrected chi connectivity index (χ3v) is 3.13. The number of hydrogen-bond donors (Lipinski definition) is 0. The zero-order valence-electron chi connectivity index (χ0n) is 11.6. The van der Waals surface area contributed by atoms with Gasteiger partial charge < -0.3 is 9.64 Å². The van der Waals surface area contributed by atoms with Gasteiger partial charge in [-0.1, -0.05) is 31.9 Å². The van der Waals surface area contributed by atoms with Crippen molar-refractivity contribution in [2.24, 2.45) is 0 Å². The van der Waals surface area contributed by atoms with Crippen molar-refractivity contribution in [2.75, 3.05) is 26.1 Å². The Morgan fingerprint density at radius 1 is 1.18 bits per heavy atom. The molecular weight excluding hydrogens is 210 g/mol. The molecule has 0 heterocycles. The lowest BCUT2D eigenvalue weighted by molar-refractivity contribution is 0.0936. The predicted octanol–water partition coefficient (Wildman–Crippen LogP) is 3.50. The van der Waals surface area contributed by atoms with Gasteiger partial charge in [0.1, 0.15) is 0 Å². The van der Waals surface area contributed by atoms with Crippen molar-refractivity contribution in [3.63, 3.8) is 0 Å². The Hall–Kier alpha value is -1.02. The summed E-state index contributed by atoms with van der Waals surface area (Å²) in [6.07, 6.45) is 5.01. The minimum absolute atomic E-state index is 0.361. The molecular formula is C15H25NO. The van der Waals surface area contributed by atoms with Gasteiger partial charge in [0.25, 0.3) is 0 Å². The smallest absolute Gasteiger partial charge is 0.0611 e. The molecule has 0 bridgehead atoms. The Balaban J connectivity index is 2.54. The van der Waals surface area contributed by atoms with Crippen LogP contribution in [0.25, 0.3) is 0 Å². The molecule has 0 aliphatic heterocycles. The van der Waals surface area contributed by atoms with Gasteiger partial charge in [-0.05, 0) is 30.5 Å². The van der Waals surface area contributed by atoms with Gasteiger partial charge in [0.05, 0.1) is 6.10 Å². The molecule has 1 rings (SSSR count). The van der Waals surface area contributed by atoms with Crippen LogP contribution in [0.1, 0.15) is 31.7 Å². The highest BCUT2D eigenvalue weighted by Crippen LogP contribution is 2.16. The van der Waals surface area contributed by atoms with Crippen LogP contribution in [0.2, 0.25) is 0 Å². The zero-order valence-corrected chi connectivity index (χ0v) is 11.6. The maximum Gasteiger partial charge on any atom is 0.0611 e. The zero-order chi connectivity index (χ0) is 12.7. The summed E-state index contributed by atoms with van der Waals surface area (Å²) in [5.74, 6) is 0. The lowest BCUT2D eigenvalue weighted by atomic mass is 10.0. The SMILES string of the molecule is CCCCC(Cc1ccc(N(C)C)cc1)OC. The van der Waals surface area contributed by atoms with E-state index in [0.717, 1.165) is 12.8 Å². The fourth-order valence-corrected chi connectivity index (χ4v) is 1.93. The maximum absolute atomic E-state index is 5.52. The standard InChI is InChI=1S/C15H25NO/c1-5-6-7-15(17-4)12-13-8-10-14(11-9-13)16(2)3/h8-11,15H,5-7,12H2,1-4H3. The molecule has 96 valence electrons. The first kappa shape index (κ1) is 14.0. The molecule has 0 spiro atoms. The lowest BCUT2D eigenvalue weighted by Crippen LogP contribution is -2.14. The molecule has 1 aromatic rings. The Kier molecular flexibility index (Phi) is 6.06. The molecule has 17 heavy (non-hydrogen) atoms. The number of rotatable bonds is 7. The number of hydrogen-bond acceptors (Lipinski definition) is 2. The van der Waals surface area contributed by atoms with Crippen LogP contribution in [-0.2, 0) is 11.2 Å². The number of anilines is 1. The average molecular weight is 235 g/mol. The Morgan fingerprint density at radius 2 is 1.82 bits per heavy atom. The summed E-state index contributed by atoms with van der Waals surface area (Å²) in [5.41, 5.74) is 2.61. The second-order valence-corrected chi connectivity index (χ2v) is 4.76. The number of methoxy groups -OCH3 is 1. The van der Waals surface area contributed by atoms with E-state index in [1.165, 1.54) is 24.1 Å². The van der Waals surface area contributed by atoms with E-state index in [2.05, 4.69) is 50.2 Å². The van der Waals surface area contributed by atoms with Gasteiger partial charge in [0.15, 0.2) is 0 Å². The molecule has 0 fully saturated rings. The molecule has 0 saturated carbocycles. The first-order valence-electron chi connectivity index (χ1n) is 6.46. The fourth-order valence-electron chi connectivity index (χ4n) is 1.93. The van der Waals surface area contributed by atoms with E-state index in [4.69, 9.17) is 4.74 Å². The van der Waals surface area contributed by atoms with Gasteiger partial charge in [-0.15, -0.1) is 0 Å². The summed E-state index contributed by atoms with van der Waals surface area (Å²) in [5, 5.41) is 0. The van der Waals surface area contributed by atoms with Gasteiger partial charge in [0, 0.05) is 26.9 Å². The molecule has 0 aliphatic rings. The molecule has 2 heteroatoms. The minimum Gasteiger partial charge on any atom is -0.381 e. The molecule has 0 radical (unpaired) electrons. The highest BCUT2D eigenvalue weighted by atomic mass is 16.5. The Bertz CT molecular complexity index is 305. The predicted molar refractivity (Wildman–Crippen MR) is 74.8 cm³/mol. The van der Waals surface area contributed by atoms with Crippen LogP contribution in [0.5, 0.6) is 0 Å². The summed E-state index contributed by atoms with van der Waals surface area (Å²) in [6.45, 7) is 2.22. The summed E-state index contributed by atoms with van der Waals surface area (Å²) in [4.78, 5) is 2.12. The number of unbranched alkanes of at least 4 members (excludes halogenated alkanes) is 1. The molecule has 0 aliphatic carbocycles. The van der Waals surface area contributed by atoms with Gasteiger partial charge in [-0.3, -0.25) is 0 Å². The second-order valence-electron chi connectivity index (χ2n) is 4.76. The topological polar surface area (TPSA) is 12.5 Å². The van der Waals surface area contributed by atoms with Crippen molar-refractivity contribution in [3.8, 4) is 0 Å². The molecule has 0 amide bonds. The molecule has 2 nitrogen and oxygen atoms in total. The van der Waals surface area contributed by atoms with Gasteiger partial charge in [-0.2, -0.15) is 0 Å². The van der Waals surface area contributed by atoms with Crippen LogP contribution >= 0.6 is 0 Å². The average Bonchev–Trinajstić information content (AvgIpc) is 2.35. The van der Waals surface area contributed by atoms with E-state index < -0.39 is 0 Å². The number of ether oxygens (including phenoxy) is 1. The molecule has 0 N–H and O–H groups in total. The third-order valence-electron chi connectivity index (χ3n) is 3.13. The summed E-state index contributed by atoms with van der Waals surface area (Å²) >= 11 is 0. The van der Waals surface area contributed by atoms with Crippen molar-refractivity contribution in [2.45, 2.75) is 38.7 Å². The summed E-state index contributed by atoms with van der Waals surface area (Å²) in [7, 11) is 5.94. The first-order valence-corrected chi connectivity index (χ1v) is 6.46. The van der Waals surface area contributed by atoms with E-state index in [1.807, 2.05) is 7.11 Å². The van der Waals surface area contributed by atoms with Crippen molar-refractivity contribution in [1.29, 1.82) is 0 Å². The van der Waals surface area contributed by atoms with E-state index in [9.17, 15) is 0 Å². The molecule has 1 atom stereocenters. The quantitative estimate of drug-likeness (QED) is 0.717. The molecule has 0 aromatic heterocycles. The maximum atomic E-state index is 5.52. The minimum atomic E-state index is 0.361. The highest BCUT2D eigenvalue weighted by molar-refractivity contribution is 5.46. The van der Waals surface area contributed by atoms with Crippen LogP contribution in [0.3, 0.4) is 0 Å². The summed E-state index contributed by atoms with van der Waals surface area (Å²) in [6, 6.07) is 8.74. The molecule has 1 unspecified atom stereocenters. The van der Waals surface area contributed by atoms with Crippen molar-refractivity contribution in [1.82, 2.24) is 0 Å². The highest BCUT2D eigenvalue weighted by Gasteiger charge is 2.07. The summed E-state index contributed by atoms with van der Waals surface area (Å²) < 4.78 is 5.52. The number of benzene rings is 1. The van der Waals surface area contributed by atoms with Crippen molar-refractivity contribution in [3.05, 3.63) is 29.8 Å². The first-order chi connectivity index (χ1) is 8.17. The van der Waals surface area contributed by atoms with E-state index in [1.54, 1.807) is 0 Å². The third kappa shape index (κ3) is 4.78. The second kappa shape index (κ2) is 7.33. The Labute approximate surface area is 106 Å². The van der Waals surface area contributed by atoms with Crippen LogP contribution < -0.4 is 4.90 Å². The van der Waals surface area contributed by atoms with Crippen LogP contribution in [0.15, 0.2) is 24.3 Å². The number of nitrogens with zero attached hydrogens (tertiary/aromatic N) is 1. The molecule has 1 aromatic carbocycles. The van der Waals surface area contributed by atoms with Gasteiger partial charge in [-0.25, -0.2) is 0 Å². The van der Waals surface area contributed by atoms with Gasteiger partial charge >= 0.3 is 0 Å². The van der Waals surface area contributed by atoms with Crippen LogP contribution in [0, 0.1) is 0 Å². The van der Waals surface area contributed by atoms with Crippen molar-refractivity contribution < 1.29 is 4.74 Å².